The monoisotopic (exact) mass is 282 g/mol. The van der Waals surface area contributed by atoms with Gasteiger partial charge in [0.2, 0.25) is 5.91 Å². The molecule has 0 aromatic heterocycles. The first-order valence-corrected chi connectivity index (χ1v) is 7.29. The van der Waals surface area contributed by atoms with Crippen LogP contribution in [0, 0.1) is 17.2 Å². The van der Waals surface area contributed by atoms with Crippen LogP contribution in [0.3, 0.4) is 0 Å². The summed E-state index contributed by atoms with van der Waals surface area (Å²) in [5.41, 5.74) is 0. The van der Waals surface area contributed by atoms with E-state index in [-0.39, 0.29) is 11.8 Å². The molecule has 0 aliphatic carbocycles. The Morgan fingerprint density at radius 2 is 2.15 bits per heavy atom. The lowest BCUT2D eigenvalue weighted by Gasteiger charge is -2.31. The Kier molecular flexibility index (Phi) is 8.19. The largest absolute Gasteiger partial charge is 0.379 e. The van der Waals surface area contributed by atoms with E-state index in [4.69, 9.17) is 10.00 Å². The predicted octanol–water partition coefficient (Wildman–Crippen LogP) is -0.0836. The number of carbonyl (C=O) groups excluding carboxylic acids is 1. The normalized spacial score (nSPS) is 17.4. The average Bonchev–Trinajstić information content (AvgIpc) is 2.48. The highest BCUT2D eigenvalue weighted by atomic mass is 16.5. The molecule has 1 fully saturated rings. The fourth-order valence-corrected chi connectivity index (χ4v) is 2.31. The second kappa shape index (κ2) is 9.70. The third-order valence-electron chi connectivity index (χ3n) is 3.53. The summed E-state index contributed by atoms with van der Waals surface area (Å²) < 4.78 is 5.32. The van der Waals surface area contributed by atoms with Crippen LogP contribution >= 0.6 is 0 Å². The number of hydrogen-bond acceptors (Lipinski definition) is 5. The van der Waals surface area contributed by atoms with Gasteiger partial charge in [0, 0.05) is 45.2 Å². The highest BCUT2D eigenvalue weighted by Crippen LogP contribution is 2.04. The highest BCUT2D eigenvalue weighted by molar-refractivity contribution is 5.78. The van der Waals surface area contributed by atoms with Crippen LogP contribution in [0.2, 0.25) is 0 Å². The maximum absolute atomic E-state index is 12.3. The van der Waals surface area contributed by atoms with Crippen molar-refractivity contribution in [2.75, 3.05) is 59.5 Å². The van der Waals surface area contributed by atoms with Gasteiger partial charge in [-0.2, -0.15) is 5.26 Å². The van der Waals surface area contributed by atoms with E-state index >= 15 is 0 Å². The minimum absolute atomic E-state index is 0.0524. The summed E-state index contributed by atoms with van der Waals surface area (Å²) in [6.45, 7) is 8.03. The van der Waals surface area contributed by atoms with Crippen LogP contribution in [0.4, 0.5) is 0 Å². The van der Waals surface area contributed by atoms with Crippen molar-refractivity contribution in [2.24, 2.45) is 5.92 Å². The minimum atomic E-state index is -0.0524. The summed E-state index contributed by atoms with van der Waals surface area (Å²) in [6, 6.07) is 2.12. The van der Waals surface area contributed by atoms with Gasteiger partial charge in [0.15, 0.2) is 0 Å². The van der Waals surface area contributed by atoms with Gasteiger partial charge in [0.25, 0.3) is 0 Å². The van der Waals surface area contributed by atoms with E-state index in [9.17, 15) is 4.79 Å². The molecule has 1 saturated heterocycles. The van der Waals surface area contributed by atoms with Crippen molar-refractivity contribution < 1.29 is 9.53 Å². The van der Waals surface area contributed by atoms with Crippen molar-refractivity contribution in [1.29, 1.82) is 5.26 Å². The molecule has 1 aliphatic heterocycles. The van der Waals surface area contributed by atoms with Crippen molar-refractivity contribution in [2.45, 2.75) is 13.3 Å². The van der Waals surface area contributed by atoms with Gasteiger partial charge in [-0.25, -0.2) is 0 Å². The molecule has 1 heterocycles. The average molecular weight is 282 g/mol. The van der Waals surface area contributed by atoms with Gasteiger partial charge in [-0.3, -0.25) is 9.69 Å². The van der Waals surface area contributed by atoms with Gasteiger partial charge >= 0.3 is 0 Å². The fourth-order valence-electron chi connectivity index (χ4n) is 2.31. The molecule has 1 amide bonds. The number of carbonyl (C=O) groups is 1. The molecule has 1 unspecified atom stereocenters. The van der Waals surface area contributed by atoms with E-state index in [1.54, 1.807) is 0 Å². The summed E-state index contributed by atoms with van der Waals surface area (Å²) in [4.78, 5) is 16.5. The molecule has 114 valence electrons. The molecule has 6 nitrogen and oxygen atoms in total. The third kappa shape index (κ3) is 5.87. The van der Waals surface area contributed by atoms with Gasteiger partial charge < -0.3 is 15.0 Å². The maximum Gasteiger partial charge on any atom is 0.226 e. The molecular formula is C14H26N4O2. The van der Waals surface area contributed by atoms with E-state index in [0.29, 0.717) is 26.1 Å². The van der Waals surface area contributed by atoms with Crippen molar-refractivity contribution >= 4 is 5.91 Å². The fraction of sp³-hybridized carbons (Fsp3) is 0.857. The quantitative estimate of drug-likeness (QED) is 0.674. The molecule has 0 bridgehead atoms. The summed E-state index contributed by atoms with van der Waals surface area (Å²) in [5, 5.41) is 11.8. The SMILES string of the molecule is CNCC(C)C(=O)N(CCC#N)CCN1CCOCC1. The Hall–Kier alpha value is -1.16. The lowest BCUT2D eigenvalue weighted by atomic mass is 10.1. The Morgan fingerprint density at radius 1 is 1.45 bits per heavy atom. The molecule has 0 saturated carbocycles. The van der Waals surface area contributed by atoms with E-state index in [2.05, 4.69) is 16.3 Å². The molecule has 0 aromatic rings. The van der Waals surface area contributed by atoms with Crippen LogP contribution < -0.4 is 5.32 Å². The van der Waals surface area contributed by atoms with Crippen molar-refractivity contribution in [3.8, 4) is 6.07 Å². The smallest absolute Gasteiger partial charge is 0.226 e. The lowest BCUT2D eigenvalue weighted by molar-refractivity contribution is -0.135. The molecule has 1 N–H and O–H groups in total. The van der Waals surface area contributed by atoms with Gasteiger partial charge in [-0.15, -0.1) is 0 Å². The van der Waals surface area contributed by atoms with Crippen molar-refractivity contribution in [3.05, 3.63) is 0 Å². The Bertz CT molecular complexity index is 324. The Balaban J connectivity index is 2.45. The second-order valence-electron chi connectivity index (χ2n) is 5.15. The van der Waals surface area contributed by atoms with Crippen LogP contribution in [0.5, 0.6) is 0 Å². The molecule has 0 spiro atoms. The summed E-state index contributed by atoms with van der Waals surface area (Å²) in [6.07, 6.45) is 0.390. The maximum atomic E-state index is 12.3. The third-order valence-corrected chi connectivity index (χ3v) is 3.53. The van der Waals surface area contributed by atoms with E-state index in [1.165, 1.54) is 0 Å². The van der Waals surface area contributed by atoms with Crippen LogP contribution in [0.25, 0.3) is 0 Å². The molecule has 0 aromatic carbocycles. The first kappa shape index (κ1) is 16.9. The van der Waals surface area contributed by atoms with Crippen molar-refractivity contribution in [3.63, 3.8) is 0 Å². The number of nitrogens with zero attached hydrogens (tertiary/aromatic N) is 3. The predicted molar refractivity (Wildman–Crippen MR) is 77.2 cm³/mol. The summed E-state index contributed by atoms with van der Waals surface area (Å²) in [5.74, 6) is 0.0752. The van der Waals surface area contributed by atoms with Crippen LogP contribution in [-0.4, -0.2) is 75.2 Å². The zero-order valence-corrected chi connectivity index (χ0v) is 12.6. The number of nitriles is 1. The summed E-state index contributed by atoms with van der Waals surface area (Å²) in [7, 11) is 1.84. The standard InChI is InChI=1S/C14H26N4O2/c1-13(12-16-2)14(19)18(5-3-4-15)7-6-17-8-10-20-11-9-17/h13,16H,3,5-12H2,1-2H3. The van der Waals surface area contributed by atoms with Crippen LogP contribution in [-0.2, 0) is 9.53 Å². The highest BCUT2D eigenvalue weighted by Gasteiger charge is 2.20. The van der Waals surface area contributed by atoms with E-state index in [0.717, 1.165) is 32.8 Å². The molecule has 0 radical (unpaired) electrons. The minimum Gasteiger partial charge on any atom is -0.379 e. The number of rotatable bonds is 8. The molecule has 1 atom stereocenters. The van der Waals surface area contributed by atoms with Crippen LogP contribution in [0.1, 0.15) is 13.3 Å². The topological polar surface area (TPSA) is 68.6 Å². The molecule has 20 heavy (non-hydrogen) atoms. The van der Waals surface area contributed by atoms with Crippen LogP contribution in [0.15, 0.2) is 0 Å². The van der Waals surface area contributed by atoms with Gasteiger partial charge in [-0.1, -0.05) is 6.92 Å². The summed E-state index contributed by atoms with van der Waals surface area (Å²) >= 11 is 0. The zero-order valence-electron chi connectivity index (χ0n) is 12.6. The number of ether oxygens (including phenoxy) is 1. The first-order chi connectivity index (χ1) is 9.69. The van der Waals surface area contributed by atoms with Gasteiger partial charge in [-0.05, 0) is 7.05 Å². The number of morpholine rings is 1. The number of amides is 1. The van der Waals surface area contributed by atoms with E-state index < -0.39 is 0 Å². The second-order valence-corrected chi connectivity index (χ2v) is 5.15. The number of nitrogens with one attached hydrogen (secondary N) is 1. The van der Waals surface area contributed by atoms with Crippen molar-refractivity contribution in [1.82, 2.24) is 15.1 Å². The van der Waals surface area contributed by atoms with E-state index in [1.807, 2.05) is 18.9 Å². The first-order valence-electron chi connectivity index (χ1n) is 7.29. The van der Waals surface area contributed by atoms with Gasteiger partial charge in [0.05, 0.1) is 25.7 Å². The molecule has 1 rings (SSSR count). The molecule has 1 aliphatic rings. The Labute approximate surface area is 121 Å². The van der Waals surface area contributed by atoms with Gasteiger partial charge in [0.1, 0.15) is 0 Å². The molecular weight excluding hydrogens is 256 g/mol. The lowest BCUT2D eigenvalue weighted by Crippen LogP contribution is -2.45. The Morgan fingerprint density at radius 3 is 2.75 bits per heavy atom. The number of hydrogen-bond donors (Lipinski definition) is 1. The zero-order chi connectivity index (χ0) is 14.8. The molecule has 6 heteroatoms.